The molecular formula is C20H23N5O3. The van der Waals surface area contributed by atoms with Gasteiger partial charge in [0.1, 0.15) is 11.4 Å². The first kappa shape index (κ1) is 19.3. The topological polar surface area (TPSA) is 91.0 Å². The second-order valence-electron chi connectivity index (χ2n) is 6.29. The molecular weight excluding hydrogens is 358 g/mol. The number of carbonyl (C=O) groups excluding carboxylic acids is 1. The van der Waals surface area contributed by atoms with E-state index >= 15 is 0 Å². The molecule has 8 nitrogen and oxygen atoms in total. The van der Waals surface area contributed by atoms with E-state index in [9.17, 15) is 9.59 Å². The number of aromatic nitrogens is 4. The van der Waals surface area contributed by atoms with Crippen molar-refractivity contribution in [2.45, 2.75) is 19.9 Å². The van der Waals surface area contributed by atoms with Crippen LogP contribution in [-0.4, -0.2) is 38.9 Å². The third-order valence-electron chi connectivity index (χ3n) is 4.41. The fraction of sp³-hybridized carbons (Fsp3) is 0.300. The van der Waals surface area contributed by atoms with Crippen molar-refractivity contribution in [3.63, 3.8) is 0 Å². The normalized spacial score (nSPS) is 10.7. The lowest BCUT2D eigenvalue weighted by Gasteiger charge is -2.07. The number of hydrogen-bond acceptors (Lipinski definition) is 5. The molecule has 146 valence electrons. The molecule has 0 atom stereocenters. The molecule has 3 aromatic rings. The smallest absolute Gasteiger partial charge is 0.269 e. The van der Waals surface area contributed by atoms with Gasteiger partial charge in [0.2, 0.25) is 0 Å². The lowest BCUT2D eigenvalue weighted by molar-refractivity contribution is 0.0942. The van der Waals surface area contributed by atoms with Crippen LogP contribution in [0.2, 0.25) is 0 Å². The zero-order valence-electron chi connectivity index (χ0n) is 16.2. The Morgan fingerprint density at radius 3 is 2.79 bits per heavy atom. The first-order chi connectivity index (χ1) is 13.5. The lowest BCUT2D eigenvalue weighted by Crippen LogP contribution is -2.32. The van der Waals surface area contributed by atoms with Crippen LogP contribution < -0.4 is 15.6 Å². The maximum absolute atomic E-state index is 12.5. The van der Waals surface area contributed by atoms with Gasteiger partial charge in [0.05, 0.1) is 19.1 Å². The van der Waals surface area contributed by atoms with Crippen LogP contribution in [0, 0.1) is 0 Å². The molecule has 1 aromatic carbocycles. The number of nitrogens with zero attached hydrogens (tertiary/aromatic N) is 4. The summed E-state index contributed by atoms with van der Waals surface area (Å²) in [5, 5.41) is 7.23. The van der Waals surface area contributed by atoms with Crippen molar-refractivity contribution >= 4 is 5.91 Å². The quantitative estimate of drug-likeness (QED) is 0.672. The standard InChI is InChI=1S/C20H23N5O3/c1-4-15-11-19(26)25(13-22-15)9-8-21-20(27)18-12-17(23-24(18)2)14-6-5-7-16(10-14)28-3/h5-7,10-13H,4,8-9H2,1-3H3,(H,21,27). The van der Waals surface area contributed by atoms with E-state index in [-0.39, 0.29) is 11.5 Å². The zero-order chi connectivity index (χ0) is 20.1. The van der Waals surface area contributed by atoms with E-state index in [1.54, 1.807) is 20.2 Å². The Morgan fingerprint density at radius 2 is 2.07 bits per heavy atom. The average molecular weight is 381 g/mol. The molecule has 0 bridgehead atoms. The van der Waals surface area contributed by atoms with Gasteiger partial charge in [-0.15, -0.1) is 0 Å². The van der Waals surface area contributed by atoms with Crippen LogP contribution in [0.3, 0.4) is 0 Å². The molecule has 2 heterocycles. The van der Waals surface area contributed by atoms with Gasteiger partial charge in [-0.25, -0.2) is 4.98 Å². The van der Waals surface area contributed by atoms with E-state index in [0.29, 0.717) is 30.9 Å². The van der Waals surface area contributed by atoms with Crippen LogP contribution in [0.15, 0.2) is 47.5 Å². The molecule has 28 heavy (non-hydrogen) atoms. The molecule has 3 rings (SSSR count). The van der Waals surface area contributed by atoms with Crippen molar-refractivity contribution in [1.29, 1.82) is 0 Å². The highest BCUT2D eigenvalue weighted by molar-refractivity contribution is 5.93. The molecule has 1 N–H and O–H groups in total. The Balaban J connectivity index is 1.66. The summed E-state index contributed by atoms with van der Waals surface area (Å²) in [7, 11) is 3.32. The van der Waals surface area contributed by atoms with Gasteiger partial charge < -0.3 is 10.1 Å². The Kier molecular flexibility index (Phi) is 5.88. The third-order valence-corrected chi connectivity index (χ3v) is 4.41. The van der Waals surface area contributed by atoms with E-state index in [0.717, 1.165) is 17.0 Å². The van der Waals surface area contributed by atoms with Gasteiger partial charge in [0.15, 0.2) is 0 Å². The van der Waals surface area contributed by atoms with Crippen LogP contribution >= 0.6 is 0 Å². The van der Waals surface area contributed by atoms with E-state index < -0.39 is 0 Å². The second-order valence-corrected chi connectivity index (χ2v) is 6.29. The van der Waals surface area contributed by atoms with Gasteiger partial charge in [0.25, 0.3) is 11.5 Å². The molecule has 0 aliphatic carbocycles. The molecule has 0 saturated carbocycles. The number of aryl methyl sites for hydroxylation is 2. The number of amides is 1. The molecule has 0 fully saturated rings. The van der Waals surface area contributed by atoms with E-state index in [1.807, 2.05) is 31.2 Å². The molecule has 0 unspecified atom stereocenters. The van der Waals surface area contributed by atoms with Crippen LogP contribution in [0.25, 0.3) is 11.3 Å². The highest BCUT2D eigenvalue weighted by Gasteiger charge is 2.14. The number of nitrogens with one attached hydrogen (secondary N) is 1. The van der Waals surface area contributed by atoms with Gasteiger partial charge in [-0.2, -0.15) is 5.10 Å². The Hall–Kier alpha value is -3.42. The van der Waals surface area contributed by atoms with Crippen LogP contribution in [0.1, 0.15) is 23.1 Å². The molecule has 0 aliphatic heterocycles. The van der Waals surface area contributed by atoms with Gasteiger partial charge in [-0.3, -0.25) is 18.8 Å². The number of carbonyl (C=O) groups is 1. The van der Waals surface area contributed by atoms with Crippen molar-refractivity contribution in [1.82, 2.24) is 24.6 Å². The van der Waals surface area contributed by atoms with E-state index in [4.69, 9.17) is 4.74 Å². The Morgan fingerprint density at radius 1 is 1.25 bits per heavy atom. The zero-order valence-corrected chi connectivity index (χ0v) is 16.2. The predicted molar refractivity (Wildman–Crippen MR) is 105 cm³/mol. The number of benzene rings is 1. The molecule has 0 radical (unpaired) electrons. The number of hydrogen-bond donors (Lipinski definition) is 1. The summed E-state index contributed by atoms with van der Waals surface area (Å²) in [6.45, 7) is 2.60. The molecule has 0 spiro atoms. The number of ether oxygens (including phenoxy) is 1. The number of rotatable bonds is 7. The van der Waals surface area contributed by atoms with Crippen molar-refractivity contribution in [3.8, 4) is 17.0 Å². The van der Waals surface area contributed by atoms with E-state index in [1.165, 1.54) is 21.6 Å². The first-order valence-electron chi connectivity index (χ1n) is 9.04. The summed E-state index contributed by atoms with van der Waals surface area (Å²) < 4.78 is 8.25. The summed E-state index contributed by atoms with van der Waals surface area (Å²) in [5.74, 6) is 0.470. The summed E-state index contributed by atoms with van der Waals surface area (Å²) in [6, 6.07) is 10.7. The summed E-state index contributed by atoms with van der Waals surface area (Å²) in [4.78, 5) is 28.7. The molecule has 2 aromatic heterocycles. The minimum absolute atomic E-state index is 0.123. The number of methoxy groups -OCH3 is 1. The van der Waals surface area contributed by atoms with Crippen molar-refractivity contribution in [2.75, 3.05) is 13.7 Å². The predicted octanol–water partition coefficient (Wildman–Crippen LogP) is 1.64. The minimum atomic E-state index is -0.254. The summed E-state index contributed by atoms with van der Waals surface area (Å²) in [6.07, 6.45) is 2.22. The Labute approximate surface area is 162 Å². The molecule has 1 amide bonds. The fourth-order valence-corrected chi connectivity index (χ4v) is 2.81. The van der Waals surface area contributed by atoms with Crippen LogP contribution in [0.5, 0.6) is 5.75 Å². The Bertz CT molecular complexity index is 1040. The minimum Gasteiger partial charge on any atom is -0.497 e. The molecule has 0 aliphatic rings. The third kappa shape index (κ3) is 4.28. The van der Waals surface area contributed by atoms with Crippen molar-refractivity contribution in [3.05, 3.63) is 64.5 Å². The van der Waals surface area contributed by atoms with Gasteiger partial charge in [0, 0.05) is 37.5 Å². The van der Waals surface area contributed by atoms with Gasteiger partial charge in [-0.1, -0.05) is 19.1 Å². The van der Waals surface area contributed by atoms with Gasteiger partial charge >= 0.3 is 0 Å². The first-order valence-corrected chi connectivity index (χ1v) is 9.04. The highest BCUT2D eigenvalue weighted by atomic mass is 16.5. The maximum Gasteiger partial charge on any atom is 0.269 e. The average Bonchev–Trinajstić information content (AvgIpc) is 3.11. The SMILES string of the molecule is CCc1cc(=O)n(CCNC(=O)c2cc(-c3cccc(OC)c3)nn2C)cn1. The van der Waals surface area contributed by atoms with E-state index in [2.05, 4.69) is 15.4 Å². The van der Waals surface area contributed by atoms with Crippen LogP contribution in [0.4, 0.5) is 0 Å². The van der Waals surface area contributed by atoms with Crippen LogP contribution in [-0.2, 0) is 20.0 Å². The summed E-state index contributed by atoms with van der Waals surface area (Å²) >= 11 is 0. The summed E-state index contributed by atoms with van der Waals surface area (Å²) in [5.41, 5.74) is 2.61. The van der Waals surface area contributed by atoms with Gasteiger partial charge in [-0.05, 0) is 24.6 Å². The largest absolute Gasteiger partial charge is 0.497 e. The molecule has 0 saturated heterocycles. The van der Waals surface area contributed by atoms with Crippen molar-refractivity contribution < 1.29 is 9.53 Å². The van der Waals surface area contributed by atoms with Crippen molar-refractivity contribution in [2.24, 2.45) is 7.05 Å². The maximum atomic E-state index is 12.5. The lowest BCUT2D eigenvalue weighted by atomic mass is 10.1. The monoisotopic (exact) mass is 381 g/mol. The fourth-order valence-electron chi connectivity index (χ4n) is 2.81. The molecule has 8 heteroatoms. The second kappa shape index (κ2) is 8.51. The highest BCUT2D eigenvalue weighted by Crippen LogP contribution is 2.23.